The summed E-state index contributed by atoms with van der Waals surface area (Å²) < 4.78 is 0. The Bertz CT molecular complexity index is 254. The van der Waals surface area contributed by atoms with Gasteiger partial charge in [-0.25, -0.2) is 0 Å². The lowest BCUT2D eigenvalue weighted by molar-refractivity contribution is 0.922. The normalized spacial score (nSPS) is 15.8. The Morgan fingerprint density at radius 2 is 2.09 bits per heavy atom. The van der Waals surface area contributed by atoms with Crippen molar-refractivity contribution < 1.29 is 0 Å². The lowest BCUT2D eigenvalue weighted by Crippen LogP contribution is -2.11. The third-order valence-electron chi connectivity index (χ3n) is 1.68. The molecule has 11 heavy (non-hydrogen) atoms. The van der Waals surface area contributed by atoms with Crippen molar-refractivity contribution >= 4 is 11.9 Å². The van der Waals surface area contributed by atoms with Crippen LogP contribution in [0.15, 0.2) is 35.4 Å². The molecular weight excluding hydrogens is 136 g/mol. The quantitative estimate of drug-likeness (QED) is 0.588. The van der Waals surface area contributed by atoms with Gasteiger partial charge in [0.05, 0.1) is 11.9 Å². The molecule has 0 aromatic heterocycles. The summed E-state index contributed by atoms with van der Waals surface area (Å²) in [6, 6.07) is 10.1. The number of anilines is 1. The van der Waals surface area contributed by atoms with Gasteiger partial charge in [0.15, 0.2) is 0 Å². The van der Waals surface area contributed by atoms with Gasteiger partial charge in [0.1, 0.15) is 0 Å². The third-order valence-corrected chi connectivity index (χ3v) is 1.68. The summed E-state index contributed by atoms with van der Waals surface area (Å²) in [5.41, 5.74) is 1.15. The van der Waals surface area contributed by atoms with Gasteiger partial charge in [-0.05, 0) is 12.1 Å². The fraction of sp³-hybridized carbons (Fsp3) is 0.222. The van der Waals surface area contributed by atoms with Crippen molar-refractivity contribution in [3.8, 4) is 0 Å². The van der Waals surface area contributed by atoms with Gasteiger partial charge in [0, 0.05) is 13.0 Å². The number of para-hydroxylation sites is 1. The minimum absolute atomic E-state index is 0.939. The lowest BCUT2D eigenvalue weighted by atomic mass is 10.3. The average molecular weight is 145 g/mol. The fourth-order valence-electron chi connectivity index (χ4n) is 1.13. The van der Waals surface area contributed by atoms with Gasteiger partial charge in [0.2, 0.25) is 0 Å². The molecule has 0 N–H and O–H groups in total. The molecule has 55 valence electrons. The molecule has 1 aromatic rings. The van der Waals surface area contributed by atoms with Crippen LogP contribution in [0.5, 0.6) is 0 Å². The van der Waals surface area contributed by atoms with E-state index in [-0.39, 0.29) is 0 Å². The molecule has 2 nitrogen and oxygen atoms in total. The minimum atomic E-state index is 0.939. The highest BCUT2D eigenvalue weighted by Crippen LogP contribution is 2.15. The Kier molecular flexibility index (Phi) is 1.60. The van der Waals surface area contributed by atoms with E-state index >= 15 is 0 Å². The molecule has 1 heterocycles. The van der Waals surface area contributed by atoms with Crippen LogP contribution in [0.2, 0.25) is 0 Å². The van der Waals surface area contributed by atoms with E-state index in [1.165, 1.54) is 0 Å². The predicted molar refractivity (Wildman–Crippen MR) is 45.8 cm³/mol. The summed E-state index contributed by atoms with van der Waals surface area (Å²) in [7, 11) is 0. The van der Waals surface area contributed by atoms with E-state index in [1.807, 2.05) is 23.2 Å². The Morgan fingerprint density at radius 1 is 1.27 bits per heavy atom. The second-order valence-corrected chi connectivity index (χ2v) is 2.47. The molecule has 0 bridgehead atoms. The summed E-state index contributed by atoms with van der Waals surface area (Å²) in [5.74, 6) is 0. The van der Waals surface area contributed by atoms with Crippen LogP contribution in [-0.4, -0.2) is 12.8 Å². The molecule has 1 radical (unpaired) electrons. The van der Waals surface area contributed by atoms with Crippen molar-refractivity contribution in [3.05, 3.63) is 30.3 Å². The van der Waals surface area contributed by atoms with Crippen molar-refractivity contribution in [1.29, 1.82) is 0 Å². The maximum atomic E-state index is 4.09. The SMILES string of the molecule is [C]1=NN(c2ccccc2)CC1. The summed E-state index contributed by atoms with van der Waals surface area (Å²) in [5, 5.41) is 6.05. The summed E-state index contributed by atoms with van der Waals surface area (Å²) >= 11 is 0. The van der Waals surface area contributed by atoms with Crippen molar-refractivity contribution in [3.63, 3.8) is 0 Å². The van der Waals surface area contributed by atoms with Gasteiger partial charge < -0.3 is 0 Å². The molecule has 1 aliphatic rings. The fourth-order valence-corrected chi connectivity index (χ4v) is 1.13. The van der Waals surface area contributed by atoms with Crippen molar-refractivity contribution in [2.24, 2.45) is 5.10 Å². The molecule has 2 heteroatoms. The number of benzene rings is 1. The molecule has 1 aromatic carbocycles. The highest BCUT2D eigenvalue weighted by Gasteiger charge is 2.06. The van der Waals surface area contributed by atoms with Crippen LogP contribution >= 0.6 is 0 Å². The topological polar surface area (TPSA) is 15.6 Å². The zero-order valence-corrected chi connectivity index (χ0v) is 6.20. The first-order valence-electron chi connectivity index (χ1n) is 3.73. The Labute approximate surface area is 66.1 Å². The summed E-state index contributed by atoms with van der Waals surface area (Å²) in [6.45, 7) is 0.962. The van der Waals surface area contributed by atoms with E-state index in [0.717, 1.165) is 18.7 Å². The largest absolute Gasteiger partial charge is 0.265 e. The monoisotopic (exact) mass is 145 g/mol. The predicted octanol–water partition coefficient (Wildman–Crippen LogP) is 1.76. The highest BCUT2D eigenvalue weighted by atomic mass is 15.5. The zero-order chi connectivity index (χ0) is 7.52. The van der Waals surface area contributed by atoms with E-state index in [2.05, 4.69) is 23.4 Å². The van der Waals surface area contributed by atoms with Gasteiger partial charge in [-0.2, -0.15) is 5.10 Å². The van der Waals surface area contributed by atoms with Crippen LogP contribution < -0.4 is 5.01 Å². The number of hydrazone groups is 1. The molecule has 0 amide bonds. The summed E-state index contributed by atoms with van der Waals surface area (Å²) in [4.78, 5) is 0. The molecule has 0 aliphatic carbocycles. The molecule has 0 saturated carbocycles. The zero-order valence-electron chi connectivity index (χ0n) is 6.20. The maximum absolute atomic E-state index is 4.09. The van der Waals surface area contributed by atoms with E-state index in [4.69, 9.17) is 0 Å². The first kappa shape index (κ1) is 6.40. The second-order valence-electron chi connectivity index (χ2n) is 2.47. The van der Waals surface area contributed by atoms with Crippen LogP contribution in [0.25, 0.3) is 0 Å². The molecule has 0 unspecified atom stereocenters. The van der Waals surface area contributed by atoms with Gasteiger partial charge in [-0.1, -0.05) is 18.2 Å². The van der Waals surface area contributed by atoms with Gasteiger partial charge >= 0.3 is 0 Å². The van der Waals surface area contributed by atoms with Crippen molar-refractivity contribution in [1.82, 2.24) is 0 Å². The minimum Gasteiger partial charge on any atom is -0.265 e. The third kappa shape index (κ3) is 1.24. The van der Waals surface area contributed by atoms with E-state index in [9.17, 15) is 0 Å². The molecule has 0 fully saturated rings. The smallest absolute Gasteiger partial charge is 0.0861 e. The van der Waals surface area contributed by atoms with E-state index in [0.29, 0.717) is 0 Å². The lowest BCUT2D eigenvalue weighted by Gasteiger charge is -2.12. The molecule has 1 aliphatic heterocycles. The van der Waals surface area contributed by atoms with Crippen molar-refractivity contribution in [2.45, 2.75) is 6.42 Å². The molecule has 2 rings (SSSR count). The molecule has 0 atom stereocenters. The number of hydrogen-bond donors (Lipinski definition) is 0. The standard InChI is InChI=1S/C9H9N2/c1-2-5-9(6-3-1)11-8-4-7-10-11/h1-3,5-6H,4,8H2. The average Bonchev–Trinajstić information content (AvgIpc) is 2.58. The van der Waals surface area contributed by atoms with Crippen LogP contribution in [-0.2, 0) is 0 Å². The Balaban J connectivity index is 2.23. The van der Waals surface area contributed by atoms with E-state index < -0.39 is 0 Å². The number of nitrogens with zero attached hydrogens (tertiary/aromatic N) is 2. The second kappa shape index (κ2) is 2.74. The van der Waals surface area contributed by atoms with Gasteiger partial charge in [-0.3, -0.25) is 5.01 Å². The maximum Gasteiger partial charge on any atom is 0.0861 e. The van der Waals surface area contributed by atoms with Crippen molar-refractivity contribution in [2.75, 3.05) is 11.6 Å². The first-order valence-corrected chi connectivity index (χ1v) is 3.73. The molecule has 0 saturated heterocycles. The number of hydrogen-bond acceptors (Lipinski definition) is 2. The van der Waals surface area contributed by atoms with Gasteiger partial charge in [-0.15, -0.1) is 0 Å². The van der Waals surface area contributed by atoms with Crippen LogP contribution in [0.1, 0.15) is 6.42 Å². The molecule has 0 spiro atoms. The Hall–Kier alpha value is -1.31. The summed E-state index contributed by atoms with van der Waals surface area (Å²) in [6.07, 6.45) is 3.86. The molecular formula is C9H9N2. The van der Waals surface area contributed by atoms with Crippen LogP contribution in [0.3, 0.4) is 0 Å². The first-order chi connectivity index (χ1) is 5.47. The van der Waals surface area contributed by atoms with E-state index in [1.54, 1.807) is 0 Å². The van der Waals surface area contributed by atoms with Crippen LogP contribution in [0, 0.1) is 0 Å². The Morgan fingerprint density at radius 3 is 2.73 bits per heavy atom. The number of rotatable bonds is 1. The van der Waals surface area contributed by atoms with Crippen LogP contribution in [0.4, 0.5) is 5.69 Å². The highest BCUT2D eigenvalue weighted by molar-refractivity contribution is 5.65. The van der Waals surface area contributed by atoms with Gasteiger partial charge in [0.25, 0.3) is 0 Å².